The Morgan fingerprint density at radius 3 is 2.59 bits per heavy atom. The number of rotatable bonds is 5. The van der Waals surface area contributed by atoms with Crippen LogP contribution in [-0.4, -0.2) is 11.1 Å². The fourth-order valence-electron chi connectivity index (χ4n) is 4.87. The molecule has 0 saturated heterocycles. The number of hydrogen-bond donors (Lipinski definition) is 1. The number of carboxylic acids is 1. The number of allylic oxidation sites excluding steroid dienone is 2. The number of hydrogen-bond acceptors (Lipinski definition) is 2. The van der Waals surface area contributed by atoms with Gasteiger partial charge in [-0.05, 0) is 42.4 Å². The van der Waals surface area contributed by atoms with E-state index in [0.29, 0.717) is 17.0 Å². The van der Waals surface area contributed by atoms with Gasteiger partial charge in [0.2, 0.25) is 0 Å². The van der Waals surface area contributed by atoms with Crippen molar-refractivity contribution < 1.29 is 14.3 Å². The Bertz CT molecular complexity index is 799. The second-order valence-electron chi connectivity index (χ2n) is 7.77. The molecule has 2 atom stereocenters. The molecule has 4 heteroatoms. The van der Waals surface area contributed by atoms with Crippen molar-refractivity contribution in [1.82, 2.24) is 0 Å². The highest BCUT2D eigenvalue weighted by atomic mass is 19.1. The average Bonchev–Trinajstić information content (AvgIpc) is 2.69. The van der Waals surface area contributed by atoms with Crippen LogP contribution >= 0.6 is 0 Å². The number of carbonyl (C=O) groups is 1. The van der Waals surface area contributed by atoms with Crippen LogP contribution < -0.4 is 0 Å². The van der Waals surface area contributed by atoms with Crippen molar-refractivity contribution in [2.24, 2.45) is 17.8 Å². The molecule has 0 amide bonds. The van der Waals surface area contributed by atoms with Gasteiger partial charge in [-0.15, -0.1) is 0 Å². The van der Waals surface area contributed by atoms with Crippen molar-refractivity contribution in [2.75, 3.05) is 0 Å². The van der Waals surface area contributed by atoms with Crippen LogP contribution in [0.5, 0.6) is 0 Å². The van der Waals surface area contributed by atoms with Gasteiger partial charge in [0.15, 0.2) is 0 Å². The number of nitriles is 1. The van der Waals surface area contributed by atoms with Crippen LogP contribution in [0.2, 0.25) is 0 Å². The van der Waals surface area contributed by atoms with Gasteiger partial charge in [-0.2, -0.15) is 5.26 Å². The largest absolute Gasteiger partial charge is 0.481 e. The predicted octanol–water partition coefficient (Wildman–Crippen LogP) is 5.53. The van der Waals surface area contributed by atoms with Crippen LogP contribution in [0.15, 0.2) is 48.3 Å². The molecule has 3 nitrogen and oxygen atoms in total. The van der Waals surface area contributed by atoms with Gasteiger partial charge in [0, 0.05) is 0 Å². The quantitative estimate of drug-likeness (QED) is 0.696. The lowest BCUT2D eigenvalue weighted by atomic mass is 9.60. The Balaban J connectivity index is 2.04. The summed E-state index contributed by atoms with van der Waals surface area (Å²) in [4.78, 5) is 11.3. The zero-order chi connectivity index (χ0) is 19.4. The zero-order valence-electron chi connectivity index (χ0n) is 15.7. The molecule has 1 aromatic carbocycles. The maximum absolute atomic E-state index is 15.6. The summed E-state index contributed by atoms with van der Waals surface area (Å²) in [6, 6.07) is 9.33. The summed E-state index contributed by atoms with van der Waals surface area (Å²) in [5, 5.41) is 18.9. The third-order valence-corrected chi connectivity index (χ3v) is 6.25. The van der Waals surface area contributed by atoms with Gasteiger partial charge in [-0.1, -0.05) is 63.0 Å². The normalized spacial score (nSPS) is 30.4. The first-order valence-electron chi connectivity index (χ1n) is 9.82. The fourth-order valence-corrected chi connectivity index (χ4v) is 4.87. The van der Waals surface area contributed by atoms with Gasteiger partial charge in [0.1, 0.15) is 5.83 Å². The van der Waals surface area contributed by atoms with Crippen molar-refractivity contribution >= 4 is 5.97 Å². The number of benzene rings is 1. The molecule has 0 radical (unpaired) electrons. The summed E-state index contributed by atoms with van der Waals surface area (Å²) >= 11 is 0. The lowest BCUT2D eigenvalue weighted by Crippen LogP contribution is -2.39. The topological polar surface area (TPSA) is 61.1 Å². The van der Waals surface area contributed by atoms with Crippen LogP contribution in [0.3, 0.4) is 0 Å². The van der Waals surface area contributed by atoms with E-state index in [2.05, 4.69) is 13.0 Å². The summed E-state index contributed by atoms with van der Waals surface area (Å²) in [5.74, 6) is -1.73. The minimum atomic E-state index is -1.06. The highest BCUT2D eigenvalue weighted by molar-refractivity contribution is 5.75. The molecule has 2 aliphatic carbocycles. The highest BCUT2D eigenvalue weighted by Crippen LogP contribution is 2.51. The first-order valence-corrected chi connectivity index (χ1v) is 9.82. The second kappa shape index (κ2) is 8.08. The van der Waals surface area contributed by atoms with Crippen molar-refractivity contribution in [3.05, 3.63) is 59.4 Å². The smallest absolute Gasteiger partial charge is 0.314 e. The monoisotopic (exact) mass is 367 g/mol. The Morgan fingerprint density at radius 1 is 1.30 bits per heavy atom. The molecule has 1 N–H and O–H groups in total. The molecule has 1 saturated carbocycles. The number of carboxylic acid groups (broad SMARTS) is 1. The summed E-state index contributed by atoms with van der Waals surface area (Å²) in [7, 11) is 0. The summed E-state index contributed by atoms with van der Waals surface area (Å²) < 4.78 is 15.6. The SMILES string of the molecule is CCCC1CCC(C2(c3ccccc3C#N)C=CC(C(=O)O)C=C2F)CC1. The Morgan fingerprint density at radius 2 is 2.00 bits per heavy atom. The van der Waals surface area contributed by atoms with Crippen LogP contribution in [0.1, 0.15) is 56.6 Å². The van der Waals surface area contributed by atoms with E-state index in [9.17, 15) is 15.2 Å². The predicted molar refractivity (Wildman–Crippen MR) is 103 cm³/mol. The van der Waals surface area contributed by atoms with Crippen molar-refractivity contribution in [2.45, 2.75) is 50.9 Å². The fraction of sp³-hybridized carbons (Fsp3) is 0.478. The molecule has 2 unspecified atom stereocenters. The summed E-state index contributed by atoms with van der Waals surface area (Å²) in [6.45, 7) is 2.19. The summed E-state index contributed by atoms with van der Waals surface area (Å²) in [5.41, 5.74) is 0.0746. The maximum atomic E-state index is 15.6. The molecule has 27 heavy (non-hydrogen) atoms. The van der Waals surface area contributed by atoms with E-state index in [0.717, 1.165) is 32.1 Å². The van der Waals surface area contributed by atoms with Gasteiger partial charge in [-0.3, -0.25) is 4.79 Å². The number of aliphatic carboxylic acids is 1. The first-order chi connectivity index (χ1) is 13.0. The lowest BCUT2D eigenvalue weighted by molar-refractivity contribution is -0.138. The standard InChI is InChI=1S/C23H26FNO2/c1-2-5-16-8-10-19(11-9-16)23(20-7-4-3-6-18(20)15-25)13-12-17(22(26)27)14-21(23)24/h3-4,6-7,12-14,16-17,19H,2,5,8-11H2,1H3,(H,26,27). The minimum absolute atomic E-state index is 0.0300. The molecule has 142 valence electrons. The van der Waals surface area contributed by atoms with Gasteiger partial charge in [0.25, 0.3) is 0 Å². The number of nitrogens with zero attached hydrogens (tertiary/aromatic N) is 1. The third kappa shape index (κ3) is 3.56. The van der Waals surface area contributed by atoms with Crippen LogP contribution in [0.25, 0.3) is 0 Å². The van der Waals surface area contributed by atoms with Crippen LogP contribution in [0.4, 0.5) is 4.39 Å². The van der Waals surface area contributed by atoms with E-state index in [1.807, 2.05) is 12.1 Å². The third-order valence-electron chi connectivity index (χ3n) is 6.25. The zero-order valence-corrected chi connectivity index (χ0v) is 15.7. The summed E-state index contributed by atoms with van der Waals surface area (Å²) in [6.07, 6.45) is 10.8. The van der Waals surface area contributed by atoms with Gasteiger partial charge < -0.3 is 5.11 Å². The molecular formula is C23H26FNO2. The van der Waals surface area contributed by atoms with Gasteiger partial charge in [0.05, 0.1) is 23.0 Å². The molecule has 2 aliphatic rings. The molecule has 0 heterocycles. The lowest BCUT2D eigenvalue weighted by Gasteiger charge is -2.43. The van der Waals surface area contributed by atoms with E-state index < -0.39 is 23.1 Å². The van der Waals surface area contributed by atoms with E-state index in [4.69, 9.17) is 0 Å². The Labute approximate surface area is 160 Å². The molecular weight excluding hydrogens is 341 g/mol. The van der Waals surface area contributed by atoms with Crippen molar-refractivity contribution in [3.8, 4) is 6.07 Å². The van der Waals surface area contributed by atoms with Crippen LogP contribution in [0, 0.1) is 29.1 Å². The first kappa shape index (κ1) is 19.4. The van der Waals surface area contributed by atoms with Gasteiger partial charge in [-0.25, -0.2) is 4.39 Å². The second-order valence-corrected chi connectivity index (χ2v) is 7.77. The van der Waals surface area contributed by atoms with E-state index in [-0.39, 0.29) is 5.92 Å². The van der Waals surface area contributed by atoms with Crippen molar-refractivity contribution in [1.29, 1.82) is 5.26 Å². The molecule has 0 aromatic heterocycles. The molecule has 0 aliphatic heterocycles. The highest BCUT2D eigenvalue weighted by Gasteiger charge is 2.47. The maximum Gasteiger partial charge on any atom is 0.314 e. The van der Waals surface area contributed by atoms with E-state index >= 15 is 4.39 Å². The molecule has 0 spiro atoms. The van der Waals surface area contributed by atoms with Crippen LogP contribution in [-0.2, 0) is 10.2 Å². The minimum Gasteiger partial charge on any atom is -0.481 e. The van der Waals surface area contributed by atoms with Crippen molar-refractivity contribution in [3.63, 3.8) is 0 Å². The molecule has 0 bridgehead atoms. The van der Waals surface area contributed by atoms with Gasteiger partial charge >= 0.3 is 5.97 Å². The van der Waals surface area contributed by atoms with E-state index in [1.54, 1.807) is 24.3 Å². The molecule has 1 aromatic rings. The van der Waals surface area contributed by atoms with E-state index in [1.165, 1.54) is 12.5 Å². The molecule has 1 fully saturated rings. The Hall–Kier alpha value is -2.41. The number of halogens is 1. The molecule has 3 rings (SSSR count). The average molecular weight is 367 g/mol. The Kier molecular flexibility index (Phi) is 5.79.